The lowest BCUT2D eigenvalue weighted by atomic mass is 9.91. The minimum Gasteiger partial charge on any atom is -0.488 e. The molecule has 1 fully saturated rings. The third-order valence-corrected chi connectivity index (χ3v) is 3.86. The van der Waals surface area contributed by atoms with Gasteiger partial charge >= 0.3 is 5.97 Å². The molecule has 2 rings (SSSR count). The first-order valence-corrected chi connectivity index (χ1v) is 7.14. The first kappa shape index (κ1) is 14.9. The summed E-state index contributed by atoms with van der Waals surface area (Å²) in [6.45, 7) is 6.09. The molecule has 1 atom stereocenters. The molecule has 0 radical (unpaired) electrons. The average Bonchev–Trinajstić information content (AvgIpc) is 3.19. The number of carbonyl (C=O) groups is 1. The summed E-state index contributed by atoms with van der Waals surface area (Å²) in [5.74, 6) is 0.225. The molecule has 4 heteroatoms. The molecule has 1 N–H and O–H groups in total. The van der Waals surface area contributed by atoms with E-state index in [1.54, 1.807) is 6.07 Å². The minimum absolute atomic E-state index is 0.0200. The molecule has 108 valence electrons. The summed E-state index contributed by atoms with van der Waals surface area (Å²) in [6, 6.07) is 5.58. The smallest absolute Gasteiger partial charge is 0.303 e. The molecule has 0 bridgehead atoms. The van der Waals surface area contributed by atoms with Gasteiger partial charge in [0.05, 0.1) is 11.4 Å². The Hall–Kier alpha value is -1.48. The topological polar surface area (TPSA) is 46.5 Å². The Morgan fingerprint density at radius 1 is 1.55 bits per heavy atom. The summed E-state index contributed by atoms with van der Waals surface area (Å²) in [6.07, 6.45) is 2.27. The lowest BCUT2D eigenvalue weighted by molar-refractivity contribution is -0.137. The van der Waals surface area contributed by atoms with Crippen LogP contribution in [-0.2, 0) is 4.79 Å². The molecule has 1 aliphatic rings. The van der Waals surface area contributed by atoms with Gasteiger partial charge in [0.15, 0.2) is 0 Å². The van der Waals surface area contributed by atoms with Crippen LogP contribution in [0.5, 0.6) is 5.75 Å². The van der Waals surface area contributed by atoms with E-state index in [1.807, 2.05) is 19.1 Å². The summed E-state index contributed by atoms with van der Waals surface area (Å²) < 4.78 is 5.62. The minimum atomic E-state index is -0.786. The van der Waals surface area contributed by atoms with Crippen LogP contribution in [0.25, 0.3) is 0 Å². The number of hydrogen-bond donors (Lipinski definition) is 1. The van der Waals surface area contributed by atoms with Crippen LogP contribution in [0.15, 0.2) is 30.4 Å². The molecule has 0 spiro atoms. The van der Waals surface area contributed by atoms with Crippen molar-refractivity contribution in [2.75, 3.05) is 6.61 Å². The highest BCUT2D eigenvalue weighted by Crippen LogP contribution is 2.47. The van der Waals surface area contributed by atoms with Crippen molar-refractivity contribution in [2.24, 2.45) is 5.92 Å². The largest absolute Gasteiger partial charge is 0.488 e. The van der Waals surface area contributed by atoms with Crippen molar-refractivity contribution in [3.63, 3.8) is 0 Å². The second-order valence-electron chi connectivity index (χ2n) is 5.45. The second kappa shape index (κ2) is 6.31. The average molecular weight is 295 g/mol. The predicted octanol–water partition coefficient (Wildman–Crippen LogP) is 4.26. The normalized spacial score (nSPS) is 15.7. The van der Waals surface area contributed by atoms with Gasteiger partial charge in [-0.3, -0.25) is 4.79 Å². The number of rotatable bonds is 7. The maximum atomic E-state index is 11.0. The van der Waals surface area contributed by atoms with Gasteiger partial charge in [-0.05, 0) is 48.8 Å². The molecular weight excluding hydrogens is 276 g/mol. The van der Waals surface area contributed by atoms with Crippen LogP contribution in [-0.4, -0.2) is 17.7 Å². The molecular formula is C16H19ClO3. The van der Waals surface area contributed by atoms with E-state index >= 15 is 0 Å². The third-order valence-electron chi connectivity index (χ3n) is 3.45. The van der Waals surface area contributed by atoms with E-state index in [4.69, 9.17) is 21.4 Å². The summed E-state index contributed by atoms with van der Waals surface area (Å²) in [7, 11) is 0. The fraction of sp³-hybridized carbons (Fsp3) is 0.438. The lowest BCUT2D eigenvalue weighted by Crippen LogP contribution is -2.09. The summed E-state index contributed by atoms with van der Waals surface area (Å²) >= 11 is 6.39. The summed E-state index contributed by atoms with van der Waals surface area (Å²) in [4.78, 5) is 11.0. The Labute approximate surface area is 124 Å². The molecule has 20 heavy (non-hydrogen) atoms. The second-order valence-corrected chi connectivity index (χ2v) is 5.82. The van der Waals surface area contributed by atoms with Gasteiger partial charge < -0.3 is 9.84 Å². The molecule has 1 saturated carbocycles. The Morgan fingerprint density at radius 3 is 2.80 bits per heavy atom. The van der Waals surface area contributed by atoms with Crippen LogP contribution in [0.1, 0.15) is 37.7 Å². The van der Waals surface area contributed by atoms with Gasteiger partial charge in [0, 0.05) is 0 Å². The monoisotopic (exact) mass is 294 g/mol. The van der Waals surface area contributed by atoms with Crippen molar-refractivity contribution in [2.45, 2.75) is 32.1 Å². The van der Waals surface area contributed by atoms with E-state index < -0.39 is 5.97 Å². The van der Waals surface area contributed by atoms with Gasteiger partial charge in [0.1, 0.15) is 12.4 Å². The molecule has 3 nitrogen and oxygen atoms in total. The van der Waals surface area contributed by atoms with E-state index in [2.05, 4.69) is 6.58 Å². The van der Waals surface area contributed by atoms with Crippen molar-refractivity contribution in [1.82, 2.24) is 0 Å². The Morgan fingerprint density at radius 2 is 2.25 bits per heavy atom. The van der Waals surface area contributed by atoms with Crippen LogP contribution in [0.4, 0.5) is 0 Å². The van der Waals surface area contributed by atoms with Crippen molar-refractivity contribution in [3.8, 4) is 5.75 Å². The molecule has 1 unspecified atom stereocenters. The van der Waals surface area contributed by atoms with Gasteiger partial charge in [0.2, 0.25) is 0 Å². The van der Waals surface area contributed by atoms with Gasteiger partial charge in [-0.1, -0.05) is 30.3 Å². The predicted molar refractivity (Wildman–Crippen MR) is 79.5 cm³/mol. The molecule has 0 amide bonds. The number of benzene rings is 1. The van der Waals surface area contributed by atoms with Crippen molar-refractivity contribution < 1.29 is 14.6 Å². The highest BCUT2D eigenvalue weighted by atomic mass is 35.5. The van der Waals surface area contributed by atoms with E-state index in [1.165, 1.54) is 0 Å². The molecule has 1 aromatic carbocycles. The molecule has 0 aromatic heterocycles. The Bertz CT molecular complexity index is 520. The van der Waals surface area contributed by atoms with Crippen LogP contribution in [0.3, 0.4) is 0 Å². The maximum Gasteiger partial charge on any atom is 0.303 e. The molecule has 0 aliphatic heterocycles. The van der Waals surface area contributed by atoms with Gasteiger partial charge in [0.25, 0.3) is 0 Å². The van der Waals surface area contributed by atoms with Crippen molar-refractivity contribution in [3.05, 3.63) is 40.9 Å². The number of ether oxygens (including phenoxy) is 1. The summed E-state index contributed by atoms with van der Waals surface area (Å²) in [5, 5.41) is 9.61. The molecule has 0 heterocycles. The number of carboxylic acids is 1. The highest BCUT2D eigenvalue weighted by Gasteiger charge is 2.35. The van der Waals surface area contributed by atoms with Crippen LogP contribution in [0.2, 0.25) is 5.02 Å². The zero-order valence-electron chi connectivity index (χ0n) is 11.6. The highest BCUT2D eigenvalue weighted by molar-refractivity contribution is 6.32. The van der Waals surface area contributed by atoms with E-state index in [0.29, 0.717) is 23.3 Å². The molecule has 0 saturated heterocycles. The fourth-order valence-corrected chi connectivity index (χ4v) is 2.66. The van der Waals surface area contributed by atoms with Crippen LogP contribution >= 0.6 is 11.6 Å². The zero-order chi connectivity index (χ0) is 14.7. The number of halogens is 1. The fourth-order valence-electron chi connectivity index (χ4n) is 2.34. The third kappa shape index (κ3) is 3.76. The van der Waals surface area contributed by atoms with E-state index in [-0.39, 0.29) is 12.3 Å². The lowest BCUT2D eigenvalue weighted by Gasteiger charge is -2.18. The molecule has 1 aromatic rings. The van der Waals surface area contributed by atoms with Crippen LogP contribution < -0.4 is 4.74 Å². The van der Waals surface area contributed by atoms with E-state index in [0.717, 1.165) is 24.0 Å². The van der Waals surface area contributed by atoms with Crippen LogP contribution in [0, 0.1) is 5.92 Å². The van der Waals surface area contributed by atoms with Gasteiger partial charge in [-0.25, -0.2) is 0 Å². The number of aliphatic carboxylic acids is 1. The van der Waals surface area contributed by atoms with Crippen molar-refractivity contribution >= 4 is 17.6 Å². The first-order valence-electron chi connectivity index (χ1n) is 6.76. The SMILES string of the molecule is C=C(C)COc1cccc(C(CC(=O)O)C2CC2)c1Cl. The molecule has 1 aliphatic carbocycles. The van der Waals surface area contributed by atoms with Gasteiger partial charge in [-0.2, -0.15) is 0 Å². The number of hydrogen-bond acceptors (Lipinski definition) is 2. The van der Waals surface area contributed by atoms with Crippen molar-refractivity contribution in [1.29, 1.82) is 0 Å². The zero-order valence-corrected chi connectivity index (χ0v) is 12.3. The van der Waals surface area contributed by atoms with Gasteiger partial charge in [-0.15, -0.1) is 0 Å². The van der Waals surface area contributed by atoms with E-state index in [9.17, 15) is 4.79 Å². The Kier molecular flexibility index (Phi) is 4.71. The standard InChI is InChI=1S/C16H19ClO3/c1-10(2)9-20-14-5-3-4-12(16(14)17)13(8-15(18)19)11-6-7-11/h3-5,11,13H,1,6-9H2,2H3,(H,18,19). The quantitative estimate of drug-likeness (QED) is 0.764. The first-order chi connectivity index (χ1) is 9.49. The summed E-state index contributed by atoms with van der Waals surface area (Å²) in [5.41, 5.74) is 1.80. The Balaban J connectivity index is 2.23. The maximum absolute atomic E-state index is 11.0. The number of carboxylic acid groups (broad SMARTS) is 1.